The largest absolute Gasteiger partial charge is 0.493 e. The Morgan fingerprint density at radius 2 is 1.96 bits per heavy atom. The van der Waals surface area contributed by atoms with Crippen LogP contribution in [0.1, 0.15) is 38.2 Å². The van der Waals surface area contributed by atoms with E-state index in [0.717, 1.165) is 24.8 Å². The Hall–Kier alpha value is -2.48. The van der Waals surface area contributed by atoms with Gasteiger partial charge in [0.25, 0.3) is 5.91 Å². The molecule has 0 heterocycles. The van der Waals surface area contributed by atoms with Gasteiger partial charge in [-0.25, -0.2) is 0 Å². The molecule has 0 aromatic heterocycles. The van der Waals surface area contributed by atoms with Gasteiger partial charge in [-0.15, -0.1) is 0 Å². The van der Waals surface area contributed by atoms with Crippen LogP contribution in [0, 0.1) is 17.2 Å². The summed E-state index contributed by atoms with van der Waals surface area (Å²) in [4.78, 5) is 12.4. The Kier molecular flexibility index (Phi) is 6.25. The van der Waals surface area contributed by atoms with E-state index in [1.165, 1.54) is 6.42 Å². The van der Waals surface area contributed by atoms with Gasteiger partial charge >= 0.3 is 0 Å². The first kappa shape index (κ1) is 17.9. The monoisotopic (exact) mass is 328 g/mol. The Balaban J connectivity index is 2.16. The molecule has 128 valence electrons. The summed E-state index contributed by atoms with van der Waals surface area (Å²) in [6.07, 6.45) is 6.00. The number of hydrogen-bond donors (Lipinski definition) is 1. The Labute approximate surface area is 143 Å². The lowest BCUT2D eigenvalue weighted by Crippen LogP contribution is -2.41. The van der Waals surface area contributed by atoms with Crippen LogP contribution in [0.15, 0.2) is 23.8 Å². The fraction of sp³-hybridized carbons (Fsp3) is 0.474. The molecule has 1 aliphatic rings. The third-order valence-corrected chi connectivity index (χ3v) is 4.51. The van der Waals surface area contributed by atoms with E-state index in [1.807, 2.05) is 6.07 Å². The lowest BCUT2D eigenvalue weighted by Gasteiger charge is -2.29. The van der Waals surface area contributed by atoms with Gasteiger partial charge in [0.15, 0.2) is 11.5 Å². The number of benzene rings is 1. The maximum Gasteiger partial charge on any atom is 0.262 e. The van der Waals surface area contributed by atoms with Crippen LogP contribution in [-0.4, -0.2) is 26.2 Å². The van der Waals surface area contributed by atoms with Crippen molar-refractivity contribution in [2.24, 2.45) is 5.92 Å². The van der Waals surface area contributed by atoms with Crippen LogP contribution in [0.5, 0.6) is 11.5 Å². The summed E-state index contributed by atoms with van der Waals surface area (Å²) in [6, 6.07) is 7.42. The molecule has 5 nitrogen and oxygen atoms in total. The zero-order chi connectivity index (χ0) is 17.5. The number of nitriles is 1. The van der Waals surface area contributed by atoms with Crippen molar-refractivity contribution in [3.8, 4) is 17.6 Å². The molecular formula is C19H24N2O3. The van der Waals surface area contributed by atoms with E-state index in [9.17, 15) is 10.1 Å². The zero-order valence-corrected chi connectivity index (χ0v) is 14.5. The Morgan fingerprint density at radius 3 is 2.58 bits per heavy atom. The van der Waals surface area contributed by atoms with Gasteiger partial charge in [0.2, 0.25) is 0 Å². The summed E-state index contributed by atoms with van der Waals surface area (Å²) >= 11 is 0. The van der Waals surface area contributed by atoms with Crippen LogP contribution in [0.25, 0.3) is 6.08 Å². The molecule has 1 saturated carbocycles. The number of rotatable bonds is 5. The van der Waals surface area contributed by atoms with Gasteiger partial charge in [-0.05, 0) is 42.5 Å². The minimum atomic E-state index is -0.314. The molecule has 0 radical (unpaired) electrons. The van der Waals surface area contributed by atoms with Gasteiger partial charge in [-0.2, -0.15) is 5.26 Å². The molecule has 1 aliphatic carbocycles. The average molecular weight is 328 g/mol. The first-order valence-corrected chi connectivity index (χ1v) is 8.23. The molecule has 0 unspecified atom stereocenters. The molecule has 1 amide bonds. The number of amides is 1. The van der Waals surface area contributed by atoms with E-state index in [0.29, 0.717) is 17.4 Å². The number of methoxy groups -OCH3 is 2. The maximum atomic E-state index is 12.4. The van der Waals surface area contributed by atoms with Crippen molar-refractivity contribution in [2.75, 3.05) is 14.2 Å². The number of ether oxygens (including phenoxy) is 2. The molecule has 1 fully saturated rings. The van der Waals surface area contributed by atoms with Gasteiger partial charge in [-0.1, -0.05) is 25.8 Å². The van der Waals surface area contributed by atoms with Crippen LogP contribution < -0.4 is 14.8 Å². The number of carbonyl (C=O) groups is 1. The first-order chi connectivity index (χ1) is 11.6. The van der Waals surface area contributed by atoms with Crippen molar-refractivity contribution >= 4 is 12.0 Å². The quantitative estimate of drug-likeness (QED) is 0.665. The second-order valence-electron chi connectivity index (χ2n) is 6.13. The molecule has 0 spiro atoms. The summed E-state index contributed by atoms with van der Waals surface area (Å²) in [5.41, 5.74) is 0.816. The number of hydrogen-bond acceptors (Lipinski definition) is 4. The lowest BCUT2D eigenvalue weighted by molar-refractivity contribution is -0.118. The summed E-state index contributed by atoms with van der Waals surface area (Å²) in [7, 11) is 3.11. The lowest BCUT2D eigenvalue weighted by atomic mass is 9.86. The molecule has 1 N–H and O–H groups in total. The highest BCUT2D eigenvalue weighted by molar-refractivity contribution is 6.01. The standard InChI is InChI=1S/C19H24N2O3/c1-13-6-4-5-7-16(13)21-19(22)15(12-20)10-14-8-9-17(23-2)18(11-14)24-3/h8-11,13,16H,4-7H2,1-3H3,(H,21,22)/b15-10+/t13-,16+/m0/s1. The topological polar surface area (TPSA) is 71.3 Å². The van der Waals surface area contributed by atoms with Crippen LogP contribution in [-0.2, 0) is 4.79 Å². The van der Waals surface area contributed by atoms with E-state index in [-0.39, 0.29) is 17.5 Å². The van der Waals surface area contributed by atoms with Crippen molar-refractivity contribution < 1.29 is 14.3 Å². The molecule has 0 saturated heterocycles. The highest BCUT2D eigenvalue weighted by Crippen LogP contribution is 2.28. The minimum Gasteiger partial charge on any atom is -0.493 e. The predicted octanol–water partition coefficient (Wildman–Crippen LogP) is 3.31. The summed E-state index contributed by atoms with van der Waals surface area (Å²) in [6.45, 7) is 2.15. The normalized spacial score (nSPS) is 20.8. The summed E-state index contributed by atoms with van der Waals surface area (Å²) in [5, 5.41) is 12.4. The molecule has 24 heavy (non-hydrogen) atoms. The van der Waals surface area contributed by atoms with Gasteiger partial charge < -0.3 is 14.8 Å². The minimum absolute atomic E-state index is 0.0972. The fourth-order valence-electron chi connectivity index (χ4n) is 3.03. The van der Waals surface area contributed by atoms with Crippen LogP contribution in [0.4, 0.5) is 0 Å². The van der Waals surface area contributed by atoms with Crippen molar-refractivity contribution in [3.63, 3.8) is 0 Å². The van der Waals surface area contributed by atoms with Gasteiger partial charge in [0, 0.05) is 6.04 Å². The van der Waals surface area contributed by atoms with Crippen LogP contribution >= 0.6 is 0 Å². The van der Waals surface area contributed by atoms with E-state index in [2.05, 4.69) is 12.2 Å². The van der Waals surface area contributed by atoms with Crippen LogP contribution in [0.3, 0.4) is 0 Å². The van der Waals surface area contributed by atoms with Gasteiger partial charge in [0.1, 0.15) is 11.6 Å². The molecular weight excluding hydrogens is 304 g/mol. The van der Waals surface area contributed by atoms with E-state index >= 15 is 0 Å². The maximum absolute atomic E-state index is 12.4. The predicted molar refractivity (Wildman–Crippen MR) is 92.7 cm³/mol. The van der Waals surface area contributed by atoms with Crippen LogP contribution in [0.2, 0.25) is 0 Å². The SMILES string of the molecule is COc1ccc(/C=C(\C#N)C(=O)N[C@@H]2CCCC[C@@H]2C)cc1OC. The van der Waals surface area contributed by atoms with Gasteiger partial charge in [-0.3, -0.25) is 4.79 Å². The summed E-state index contributed by atoms with van der Waals surface area (Å²) in [5.74, 6) is 1.30. The summed E-state index contributed by atoms with van der Waals surface area (Å²) < 4.78 is 10.4. The Morgan fingerprint density at radius 1 is 1.25 bits per heavy atom. The first-order valence-electron chi connectivity index (χ1n) is 8.23. The highest BCUT2D eigenvalue weighted by Gasteiger charge is 2.24. The number of carbonyl (C=O) groups excluding carboxylic acids is 1. The molecule has 1 aromatic carbocycles. The van der Waals surface area contributed by atoms with Crippen molar-refractivity contribution in [1.29, 1.82) is 5.26 Å². The second-order valence-corrected chi connectivity index (χ2v) is 6.13. The number of nitrogens with zero attached hydrogens (tertiary/aromatic N) is 1. The smallest absolute Gasteiger partial charge is 0.262 e. The van der Waals surface area contributed by atoms with Crippen molar-refractivity contribution in [2.45, 2.75) is 38.6 Å². The van der Waals surface area contributed by atoms with Gasteiger partial charge in [0.05, 0.1) is 14.2 Å². The van der Waals surface area contributed by atoms with Crippen molar-refractivity contribution in [1.82, 2.24) is 5.32 Å². The molecule has 0 aliphatic heterocycles. The van der Waals surface area contributed by atoms with E-state index in [4.69, 9.17) is 9.47 Å². The molecule has 2 atom stereocenters. The van der Waals surface area contributed by atoms with E-state index in [1.54, 1.807) is 38.5 Å². The molecule has 2 rings (SSSR count). The highest BCUT2D eigenvalue weighted by atomic mass is 16.5. The third-order valence-electron chi connectivity index (χ3n) is 4.51. The third kappa shape index (κ3) is 4.29. The Bertz CT molecular complexity index is 661. The van der Waals surface area contributed by atoms with E-state index < -0.39 is 0 Å². The zero-order valence-electron chi connectivity index (χ0n) is 14.5. The molecule has 5 heteroatoms. The van der Waals surface area contributed by atoms with Crippen molar-refractivity contribution in [3.05, 3.63) is 29.3 Å². The fourth-order valence-corrected chi connectivity index (χ4v) is 3.03. The second kappa shape index (κ2) is 8.39. The molecule has 0 bridgehead atoms. The molecule has 1 aromatic rings. The number of nitrogens with one attached hydrogen (secondary N) is 1. The average Bonchev–Trinajstić information content (AvgIpc) is 2.61.